The molecule has 0 bridgehead atoms. The summed E-state index contributed by atoms with van der Waals surface area (Å²) in [6.07, 6.45) is -4.17. The third-order valence-electron chi connectivity index (χ3n) is 1.78. The molecule has 0 saturated carbocycles. The summed E-state index contributed by atoms with van der Waals surface area (Å²) in [6, 6.07) is 0. The van der Waals surface area contributed by atoms with Gasteiger partial charge in [0.05, 0.1) is 17.9 Å². The topological polar surface area (TPSA) is 74.5 Å². The summed E-state index contributed by atoms with van der Waals surface area (Å²) in [4.78, 5) is 13.2. The summed E-state index contributed by atoms with van der Waals surface area (Å²) >= 11 is 5.38. The maximum absolute atomic E-state index is 12.2. The van der Waals surface area contributed by atoms with Crippen LogP contribution in [0.25, 0.3) is 0 Å². The minimum atomic E-state index is -5.09. The van der Waals surface area contributed by atoms with E-state index in [-0.39, 0.29) is 5.56 Å². The van der Waals surface area contributed by atoms with E-state index in [9.17, 15) is 23.3 Å². The normalized spacial score (nSPS) is 11.2. The number of hydrogen-bond donors (Lipinski definition) is 0. The Morgan fingerprint density at radius 1 is 1.56 bits per heavy atom. The summed E-state index contributed by atoms with van der Waals surface area (Å²) in [5.41, 5.74) is -1.28. The van der Waals surface area contributed by atoms with E-state index < -0.39 is 34.5 Å². The SMILES string of the molecule is COc1ncc(CCl)c(OC(F)(F)F)c1[N+](=O)[O-]. The molecule has 0 unspecified atom stereocenters. The van der Waals surface area contributed by atoms with Gasteiger partial charge in [-0.1, -0.05) is 0 Å². The van der Waals surface area contributed by atoms with Crippen LogP contribution in [0.2, 0.25) is 0 Å². The molecule has 10 heteroatoms. The van der Waals surface area contributed by atoms with Crippen molar-refractivity contribution in [2.75, 3.05) is 7.11 Å². The fourth-order valence-electron chi connectivity index (χ4n) is 1.14. The number of pyridine rings is 1. The van der Waals surface area contributed by atoms with Crippen molar-refractivity contribution in [2.24, 2.45) is 0 Å². The highest BCUT2D eigenvalue weighted by Gasteiger charge is 2.38. The highest BCUT2D eigenvalue weighted by atomic mass is 35.5. The third-order valence-corrected chi connectivity index (χ3v) is 2.07. The Kier molecular flexibility index (Phi) is 4.17. The number of nitrogens with zero attached hydrogens (tertiary/aromatic N) is 2. The number of nitro groups is 1. The van der Waals surface area contributed by atoms with E-state index in [1.165, 1.54) is 0 Å². The van der Waals surface area contributed by atoms with Crippen LogP contribution in [0.1, 0.15) is 5.56 Å². The van der Waals surface area contributed by atoms with Gasteiger partial charge < -0.3 is 9.47 Å². The van der Waals surface area contributed by atoms with Gasteiger partial charge in [0, 0.05) is 11.8 Å². The molecule has 0 amide bonds. The van der Waals surface area contributed by atoms with Gasteiger partial charge in [0.1, 0.15) is 0 Å². The molecular formula is C8H6ClF3N2O4. The highest BCUT2D eigenvalue weighted by molar-refractivity contribution is 6.17. The van der Waals surface area contributed by atoms with E-state index >= 15 is 0 Å². The lowest BCUT2D eigenvalue weighted by atomic mass is 10.2. The molecule has 0 saturated heterocycles. The van der Waals surface area contributed by atoms with Gasteiger partial charge in [-0.25, -0.2) is 4.98 Å². The maximum atomic E-state index is 12.2. The lowest BCUT2D eigenvalue weighted by molar-refractivity contribution is -0.390. The van der Waals surface area contributed by atoms with Gasteiger partial charge in [-0.3, -0.25) is 10.1 Å². The van der Waals surface area contributed by atoms with Crippen LogP contribution < -0.4 is 9.47 Å². The average molecular weight is 287 g/mol. The molecule has 0 aliphatic heterocycles. The molecule has 0 fully saturated rings. The number of methoxy groups -OCH3 is 1. The predicted octanol–water partition coefficient (Wildman–Crippen LogP) is 2.64. The number of hydrogen-bond acceptors (Lipinski definition) is 5. The Labute approximate surface area is 103 Å². The average Bonchev–Trinajstić information content (AvgIpc) is 2.25. The van der Waals surface area contributed by atoms with Crippen LogP contribution in [0.3, 0.4) is 0 Å². The molecule has 0 radical (unpaired) electrons. The Bertz CT molecular complexity index is 466. The summed E-state index contributed by atoms with van der Waals surface area (Å²) in [7, 11) is 1.03. The van der Waals surface area contributed by atoms with Crippen LogP contribution in [-0.2, 0) is 5.88 Å². The number of rotatable bonds is 4. The van der Waals surface area contributed by atoms with Gasteiger partial charge in [0.2, 0.25) is 5.75 Å². The van der Waals surface area contributed by atoms with Gasteiger partial charge in [0.25, 0.3) is 5.88 Å². The van der Waals surface area contributed by atoms with Gasteiger partial charge >= 0.3 is 12.0 Å². The molecule has 0 aromatic carbocycles. The minimum Gasteiger partial charge on any atom is -0.476 e. The highest BCUT2D eigenvalue weighted by Crippen LogP contribution is 2.40. The second-order valence-corrected chi connectivity index (χ2v) is 3.18. The fraction of sp³-hybridized carbons (Fsp3) is 0.375. The van der Waals surface area contributed by atoms with E-state index in [1.807, 2.05) is 0 Å². The molecule has 0 aliphatic rings. The van der Waals surface area contributed by atoms with Gasteiger partial charge in [0.15, 0.2) is 0 Å². The van der Waals surface area contributed by atoms with Gasteiger partial charge in [-0.05, 0) is 0 Å². The van der Waals surface area contributed by atoms with Crippen molar-refractivity contribution < 1.29 is 27.6 Å². The summed E-state index contributed by atoms with van der Waals surface area (Å²) < 4.78 is 44.7. The smallest absolute Gasteiger partial charge is 0.476 e. The van der Waals surface area contributed by atoms with Crippen LogP contribution in [0, 0.1) is 10.1 Å². The summed E-state index contributed by atoms with van der Waals surface area (Å²) in [6.45, 7) is 0. The van der Waals surface area contributed by atoms with E-state index in [0.717, 1.165) is 13.3 Å². The maximum Gasteiger partial charge on any atom is 0.573 e. The van der Waals surface area contributed by atoms with E-state index in [4.69, 9.17) is 11.6 Å². The first-order chi connectivity index (χ1) is 8.30. The van der Waals surface area contributed by atoms with Crippen molar-refractivity contribution in [1.29, 1.82) is 0 Å². The minimum absolute atomic E-state index is 0.263. The van der Waals surface area contributed by atoms with Crippen LogP contribution in [0.15, 0.2) is 6.20 Å². The second kappa shape index (κ2) is 5.25. The molecule has 1 heterocycles. The van der Waals surface area contributed by atoms with Crippen molar-refractivity contribution in [3.8, 4) is 11.6 Å². The first-order valence-corrected chi connectivity index (χ1v) is 4.85. The molecule has 1 rings (SSSR count). The molecule has 0 N–H and O–H groups in total. The van der Waals surface area contributed by atoms with E-state index in [1.54, 1.807) is 0 Å². The summed E-state index contributed by atoms with van der Waals surface area (Å²) in [5.74, 6) is -2.04. The lowest BCUT2D eigenvalue weighted by Crippen LogP contribution is -2.19. The van der Waals surface area contributed by atoms with Gasteiger partial charge in [-0.15, -0.1) is 24.8 Å². The van der Waals surface area contributed by atoms with E-state index in [2.05, 4.69) is 14.5 Å². The van der Waals surface area contributed by atoms with Crippen molar-refractivity contribution in [3.63, 3.8) is 0 Å². The Morgan fingerprint density at radius 3 is 2.56 bits per heavy atom. The number of halogens is 4. The Balaban J connectivity index is 3.45. The Morgan fingerprint density at radius 2 is 2.17 bits per heavy atom. The standard InChI is InChI=1S/C8H6ClF3N2O4/c1-17-7-5(14(15)16)6(18-8(10,11)12)4(2-9)3-13-7/h3H,2H2,1H3. The first-order valence-electron chi connectivity index (χ1n) is 4.32. The molecule has 1 aromatic heterocycles. The molecule has 6 nitrogen and oxygen atoms in total. The number of ether oxygens (including phenoxy) is 2. The van der Waals surface area contributed by atoms with Crippen LogP contribution in [0.4, 0.5) is 18.9 Å². The quantitative estimate of drug-likeness (QED) is 0.483. The molecular weight excluding hydrogens is 281 g/mol. The zero-order valence-corrected chi connectivity index (χ0v) is 9.58. The largest absolute Gasteiger partial charge is 0.573 e. The van der Waals surface area contributed by atoms with Crippen molar-refractivity contribution in [2.45, 2.75) is 12.2 Å². The molecule has 0 spiro atoms. The number of aromatic nitrogens is 1. The third kappa shape index (κ3) is 3.13. The monoisotopic (exact) mass is 286 g/mol. The van der Waals surface area contributed by atoms with Crippen LogP contribution in [-0.4, -0.2) is 23.4 Å². The zero-order valence-electron chi connectivity index (χ0n) is 8.82. The zero-order chi connectivity index (χ0) is 13.9. The lowest BCUT2D eigenvalue weighted by Gasteiger charge is -2.13. The predicted molar refractivity (Wildman–Crippen MR) is 53.7 cm³/mol. The van der Waals surface area contributed by atoms with Crippen LogP contribution in [0.5, 0.6) is 11.6 Å². The van der Waals surface area contributed by atoms with Crippen molar-refractivity contribution in [3.05, 3.63) is 21.9 Å². The van der Waals surface area contributed by atoms with Crippen LogP contribution >= 0.6 is 11.6 Å². The molecule has 0 atom stereocenters. The van der Waals surface area contributed by atoms with E-state index in [0.29, 0.717) is 0 Å². The van der Waals surface area contributed by atoms with Crippen molar-refractivity contribution >= 4 is 17.3 Å². The second-order valence-electron chi connectivity index (χ2n) is 2.91. The molecule has 18 heavy (non-hydrogen) atoms. The molecule has 1 aromatic rings. The number of alkyl halides is 4. The summed E-state index contributed by atoms with van der Waals surface area (Å²) in [5, 5.41) is 10.8. The molecule has 100 valence electrons. The fourth-order valence-corrected chi connectivity index (χ4v) is 1.33. The first kappa shape index (κ1) is 14.3. The Hall–Kier alpha value is -1.77. The molecule has 0 aliphatic carbocycles. The van der Waals surface area contributed by atoms with Gasteiger partial charge in [-0.2, -0.15) is 0 Å². The van der Waals surface area contributed by atoms with Crippen molar-refractivity contribution in [1.82, 2.24) is 4.98 Å².